The Balaban J connectivity index is 0.00000288. The van der Waals surface area contributed by atoms with Crippen molar-refractivity contribution in [3.05, 3.63) is 50.9 Å². The second-order valence-corrected chi connectivity index (χ2v) is 6.83. The molecular weight excluding hydrogens is 455 g/mol. The number of guanidine groups is 1. The van der Waals surface area contributed by atoms with Crippen LogP contribution in [0.1, 0.15) is 23.2 Å². The maximum Gasteiger partial charge on any atom is 0.193 e. The van der Waals surface area contributed by atoms with E-state index in [9.17, 15) is 0 Å². The number of nitrogens with zero attached hydrogens (tertiary/aromatic N) is 3. The number of rotatable bonds is 6. The third-order valence-electron chi connectivity index (χ3n) is 3.30. The largest absolute Gasteiger partial charge is 0.357 e. The SMILES string of the molecule is CCNC(=NCCc1csc(C)n1)N(C)Cc1cccc(Cl)c1.I. The molecule has 0 aliphatic rings. The van der Waals surface area contributed by atoms with Crippen LogP contribution in [0.2, 0.25) is 5.02 Å². The number of benzene rings is 1. The summed E-state index contributed by atoms with van der Waals surface area (Å²) < 4.78 is 0. The second-order valence-electron chi connectivity index (χ2n) is 5.33. The van der Waals surface area contributed by atoms with Crippen molar-refractivity contribution in [2.45, 2.75) is 26.8 Å². The minimum absolute atomic E-state index is 0. The molecule has 132 valence electrons. The molecule has 0 saturated heterocycles. The van der Waals surface area contributed by atoms with Crippen molar-refractivity contribution < 1.29 is 0 Å². The summed E-state index contributed by atoms with van der Waals surface area (Å²) in [7, 11) is 2.04. The zero-order valence-electron chi connectivity index (χ0n) is 14.3. The molecule has 24 heavy (non-hydrogen) atoms. The molecule has 1 aromatic carbocycles. The van der Waals surface area contributed by atoms with E-state index in [1.54, 1.807) is 11.3 Å². The van der Waals surface area contributed by atoms with Crippen molar-refractivity contribution in [1.29, 1.82) is 0 Å². The fourth-order valence-electron chi connectivity index (χ4n) is 2.25. The standard InChI is InChI=1S/C17H23ClN4S.HI/c1-4-19-17(20-9-8-16-12-23-13(2)21-16)22(3)11-14-6-5-7-15(18)10-14;/h5-7,10,12H,4,8-9,11H2,1-3H3,(H,19,20);1H. The maximum absolute atomic E-state index is 6.05. The van der Waals surface area contributed by atoms with E-state index >= 15 is 0 Å². The van der Waals surface area contributed by atoms with Gasteiger partial charge in [0, 0.05) is 43.5 Å². The molecule has 2 aromatic rings. The highest BCUT2D eigenvalue weighted by Gasteiger charge is 2.07. The maximum atomic E-state index is 6.05. The third-order valence-corrected chi connectivity index (χ3v) is 4.36. The zero-order valence-corrected chi connectivity index (χ0v) is 18.2. The lowest BCUT2D eigenvalue weighted by atomic mass is 10.2. The summed E-state index contributed by atoms with van der Waals surface area (Å²) >= 11 is 7.74. The van der Waals surface area contributed by atoms with Gasteiger partial charge in [-0.15, -0.1) is 35.3 Å². The van der Waals surface area contributed by atoms with Crippen molar-refractivity contribution in [3.63, 3.8) is 0 Å². The summed E-state index contributed by atoms with van der Waals surface area (Å²) in [5.41, 5.74) is 2.28. The highest BCUT2D eigenvalue weighted by Crippen LogP contribution is 2.12. The minimum atomic E-state index is 0. The molecule has 0 atom stereocenters. The molecule has 1 heterocycles. The molecule has 7 heteroatoms. The lowest BCUT2D eigenvalue weighted by Crippen LogP contribution is -2.38. The van der Waals surface area contributed by atoms with Gasteiger partial charge in [-0.25, -0.2) is 4.98 Å². The number of aryl methyl sites for hydroxylation is 1. The van der Waals surface area contributed by atoms with E-state index in [0.717, 1.165) is 47.7 Å². The molecular formula is C17H24ClIN4S. The average molecular weight is 479 g/mol. The first kappa shape index (κ1) is 21.2. The summed E-state index contributed by atoms with van der Waals surface area (Å²) in [6.45, 7) is 6.44. The number of aliphatic imine (C=N–C) groups is 1. The molecule has 0 amide bonds. The van der Waals surface area contributed by atoms with Gasteiger partial charge in [-0.3, -0.25) is 4.99 Å². The van der Waals surface area contributed by atoms with Crippen molar-refractivity contribution in [2.75, 3.05) is 20.1 Å². The molecule has 1 aromatic heterocycles. The van der Waals surface area contributed by atoms with Crippen molar-refractivity contribution in [2.24, 2.45) is 4.99 Å². The third kappa shape index (κ3) is 6.94. The first-order valence-corrected chi connectivity index (χ1v) is 8.99. The molecule has 1 N–H and O–H groups in total. The molecule has 0 fully saturated rings. The van der Waals surface area contributed by atoms with Crippen LogP contribution in [0, 0.1) is 6.92 Å². The Kier molecular flexibility index (Phi) is 9.61. The minimum Gasteiger partial charge on any atom is -0.357 e. The van der Waals surface area contributed by atoms with Crippen LogP contribution in [0.3, 0.4) is 0 Å². The molecule has 0 radical (unpaired) electrons. The Morgan fingerprint density at radius 1 is 1.42 bits per heavy atom. The molecule has 0 aliphatic heterocycles. The van der Waals surface area contributed by atoms with E-state index in [0.29, 0.717) is 0 Å². The van der Waals surface area contributed by atoms with Crippen LogP contribution in [0.4, 0.5) is 0 Å². The predicted molar refractivity (Wildman–Crippen MR) is 115 cm³/mol. The van der Waals surface area contributed by atoms with Crippen molar-refractivity contribution in [1.82, 2.24) is 15.2 Å². The van der Waals surface area contributed by atoms with Crippen molar-refractivity contribution >= 4 is 52.9 Å². The lowest BCUT2D eigenvalue weighted by molar-refractivity contribution is 0.477. The molecule has 0 unspecified atom stereocenters. The van der Waals surface area contributed by atoms with Gasteiger partial charge in [0.25, 0.3) is 0 Å². The van der Waals surface area contributed by atoms with Crippen LogP contribution < -0.4 is 5.32 Å². The van der Waals surface area contributed by atoms with Gasteiger partial charge >= 0.3 is 0 Å². The van der Waals surface area contributed by atoms with Gasteiger partial charge in [0.15, 0.2) is 5.96 Å². The number of nitrogens with one attached hydrogen (secondary N) is 1. The molecule has 0 saturated carbocycles. The van der Waals surface area contributed by atoms with Crippen LogP contribution in [-0.2, 0) is 13.0 Å². The van der Waals surface area contributed by atoms with Crippen LogP contribution >= 0.6 is 46.9 Å². The van der Waals surface area contributed by atoms with Gasteiger partial charge in [0.05, 0.1) is 10.7 Å². The Labute approximate surface area is 170 Å². The van der Waals surface area contributed by atoms with E-state index in [-0.39, 0.29) is 24.0 Å². The van der Waals surface area contributed by atoms with Gasteiger partial charge in [0.1, 0.15) is 0 Å². The number of thiazole rings is 1. The van der Waals surface area contributed by atoms with E-state index < -0.39 is 0 Å². The van der Waals surface area contributed by atoms with Crippen LogP contribution in [0.15, 0.2) is 34.6 Å². The molecule has 2 rings (SSSR count). The molecule has 0 bridgehead atoms. The highest BCUT2D eigenvalue weighted by atomic mass is 127. The van der Waals surface area contributed by atoms with Crippen LogP contribution in [-0.4, -0.2) is 36.0 Å². The molecule has 0 aliphatic carbocycles. The number of hydrogen-bond acceptors (Lipinski definition) is 3. The normalized spacial score (nSPS) is 11.1. The fraction of sp³-hybridized carbons (Fsp3) is 0.412. The Morgan fingerprint density at radius 3 is 2.83 bits per heavy atom. The van der Waals surface area contributed by atoms with Gasteiger partial charge in [-0.1, -0.05) is 23.7 Å². The van der Waals surface area contributed by atoms with Gasteiger partial charge in [-0.2, -0.15) is 0 Å². The van der Waals surface area contributed by atoms with Crippen LogP contribution in [0.25, 0.3) is 0 Å². The van der Waals surface area contributed by atoms with E-state index in [2.05, 4.69) is 33.6 Å². The van der Waals surface area contributed by atoms with Gasteiger partial charge in [-0.05, 0) is 31.5 Å². The first-order valence-electron chi connectivity index (χ1n) is 7.73. The topological polar surface area (TPSA) is 40.5 Å². The van der Waals surface area contributed by atoms with E-state index in [4.69, 9.17) is 16.6 Å². The smallest absolute Gasteiger partial charge is 0.193 e. The monoisotopic (exact) mass is 478 g/mol. The highest BCUT2D eigenvalue weighted by molar-refractivity contribution is 14.0. The average Bonchev–Trinajstić information content (AvgIpc) is 2.92. The summed E-state index contributed by atoms with van der Waals surface area (Å²) in [5.74, 6) is 0.902. The second kappa shape index (κ2) is 10.9. The van der Waals surface area contributed by atoms with Gasteiger partial charge in [0.2, 0.25) is 0 Å². The Bertz CT molecular complexity index is 660. The molecule has 0 spiro atoms. The number of aromatic nitrogens is 1. The summed E-state index contributed by atoms with van der Waals surface area (Å²) in [6, 6.07) is 7.92. The summed E-state index contributed by atoms with van der Waals surface area (Å²) in [6.07, 6.45) is 0.865. The van der Waals surface area contributed by atoms with Crippen molar-refractivity contribution in [3.8, 4) is 0 Å². The van der Waals surface area contributed by atoms with E-state index in [1.165, 1.54) is 5.56 Å². The quantitative estimate of drug-likeness (QED) is 0.381. The van der Waals surface area contributed by atoms with E-state index in [1.807, 2.05) is 32.2 Å². The number of hydrogen-bond donors (Lipinski definition) is 1. The van der Waals surface area contributed by atoms with Gasteiger partial charge < -0.3 is 10.2 Å². The van der Waals surface area contributed by atoms with Crippen LogP contribution in [0.5, 0.6) is 0 Å². The predicted octanol–water partition coefficient (Wildman–Crippen LogP) is 4.36. The molecule has 4 nitrogen and oxygen atoms in total. The number of halogens is 2. The first-order chi connectivity index (χ1) is 11.1. The fourth-order valence-corrected chi connectivity index (χ4v) is 3.11. The Morgan fingerprint density at radius 2 is 2.21 bits per heavy atom. The Hall–Kier alpha value is -0.860. The summed E-state index contributed by atoms with van der Waals surface area (Å²) in [5, 5.41) is 7.30. The summed E-state index contributed by atoms with van der Waals surface area (Å²) in [4.78, 5) is 11.3. The lowest BCUT2D eigenvalue weighted by Gasteiger charge is -2.22. The zero-order chi connectivity index (χ0) is 16.7.